The Morgan fingerprint density at radius 2 is 2.12 bits per heavy atom. The molecule has 1 saturated heterocycles. The molecule has 1 aliphatic heterocycles. The van der Waals surface area contributed by atoms with Gasteiger partial charge in [0.25, 0.3) is 5.91 Å². The lowest BCUT2D eigenvalue weighted by Crippen LogP contribution is -2.40. The summed E-state index contributed by atoms with van der Waals surface area (Å²) in [6, 6.07) is 5.18. The Labute approximate surface area is 159 Å². The molecule has 1 saturated carbocycles. The van der Waals surface area contributed by atoms with E-state index in [0.29, 0.717) is 47.7 Å². The van der Waals surface area contributed by atoms with Crippen molar-refractivity contribution in [1.82, 2.24) is 9.80 Å². The standard InChI is InChI=1S/C19H26ClN3O3/c1-22-11-13-8-15(7-12(13)9-18(22)24)23(2)19(25)16-10-14(20)3-4-17(16)26-6-5-21/h3-4,10,12-13,15H,5-9,11,21H2,1-2H3/t12-,13+,15-/m0/s1. The number of likely N-dealkylation sites (tertiary alicyclic amines) is 1. The summed E-state index contributed by atoms with van der Waals surface area (Å²) in [6.07, 6.45) is 2.37. The number of fused-ring (bicyclic) bond motifs is 1. The van der Waals surface area contributed by atoms with E-state index in [4.69, 9.17) is 22.1 Å². The fraction of sp³-hybridized carbons (Fsp3) is 0.579. The van der Waals surface area contributed by atoms with E-state index in [1.165, 1.54) is 0 Å². The summed E-state index contributed by atoms with van der Waals surface area (Å²) in [7, 11) is 3.68. The second-order valence-electron chi connectivity index (χ2n) is 7.32. The van der Waals surface area contributed by atoms with Crippen LogP contribution < -0.4 is 10.5 Å². The zero-order chi connectivity index (χ0) is 18.8. The van der Waals surface area contributed by atoms with Crippen LogP contribution >= 0.6 is 11.6 Å². The molecule has 3 rings (SSSR count). The number of halogens is 1. The molecule has 0 unspecified atom stereocenters. The van der Waals surface area contributed by atoms with Crippen LogP contribution in [0.15, 0.2) is 18.2 Å². The number of rotatable bonds is 5. The number of benzene rings is 1. The van der Waals surface area contributed by atoms with Crippen LogP contribution in [0.2, 0.25) is 5.02 Å². The molecule has 2 N–H and O–H groups in total. The highest BCUT2D eigenvalue weighted by atomic mass is 35.5. The lowest BCUT2D eigenvalue weighted by Gasteiger charge is -2.31. The van der Waals surface area contributed by atoms with Crippen LogP contribution in [0.5, 0.6) is 5.75 Å². The quantitative estimate of drug-likeness (QED) is 0.849. The van der Waals surface area contributed by atoms with Crippen LogP contribution in [0, 0.1) is 11.8 Å². The van der Waals surface area contributed by atoms with Crippen molar-refractivity contribution in [2.45, 2.75) is 25.3 Å². The van der Waals surface area contributed by atoms with Gasteiger partial charge in [0, 0.05) is 44.7 Å². The van der Waals surface area contributed by atoms with E-state index >= 15 is 0 Å². The summed E-state index contributed by atoms with van der Waals surface area (Å²) in [6.45, 7) is 1.50. The van der Waals surface area contributed by atoms with Gasteiger partial charge in [0.2, 0.25) is 5.91 Å². The van der Waals surface area contributed by atoms with E-state index in [9.17, 15) is 9.59 Å². The van der Waals surface area contributed by atoms with Gasteiger partial charge < -0.3 is 20.3 Å². The fourth-order valence-electron chi connectivity index (χ4n) is 4.12. The Hall–Kier alpha value is -1.79. The van der Waals surface area contributed by atoms with E-state index in [1.54, 1.807) is 28.0 Å². The summed E-state index contributed by atoms with van der Waals surface area (Å²) in [4.78, 5) is 28.6. The molecule has 0 aromatic heterocycles. The lowest BCUT2D eigenvalue weighted by molar-refractivity contribution is -0.134. The molecule has 3 atom stereocenters. The predicted octanol–water partition coefficient (Wildman–Crippen LogP) is 2.01. The normalized spacial score (nSPS) is 25.2. The molecule has 26 heavy (non-hydrogen) atoms. The number of piperidine rings is 1. The molecule has 2 fully saturated rings. The first-order chi connectivity index (χ1) is 12.4. The van der Waals surface area contributed by atoms with Gasteiger partial charge in [-0.15, -0.1) is 0 Å². The fourth-order valence-corrected chi connectivity index (χ4v) is 4.30. The van der Waals surface area contributed by atoms with Crippen molar-refractivity contribution in [3.63, 3.8) is 0 Å². The Morgan fingerprint density at radius 1 is 1.38 bits per heavy atom. The van der Waals surface area contributed by atoms with Crippen LogP contribution in [0.4, 0.5) is 0 Å². The number of hydrogen-bond donors (Lipinski definition) is 1. The molecule has 0 radical (unpaired) electrons. The monoisotopic (exact) mass is 379 g/mol. The lowest BCUT2D eigenvalue weighted by atomic mass is 9.88. The maximum Gasteiger partial charge on any atom is 0.257 e. The smallest absolute Gasteiger partial charge is 0.257 e. The maximum atomic E-state index is 13.1. The van der Waals surface area contributed by atoms with Gasteiger partial charge in [0.05, 0.1) is 5.56 Å². The Kier molecular flexibility index (Phi) is 5.73. The summed E-state index contributed by atoms with van der Waals surface area (Å²) >= 11 is 6.10. The largest absolute Gasteiger partial charge is 0.491 e. The highest BCUT2D eigenvalue weighted by molar-refractivity contribution is 6.31. The molecule has 1 heterocycles. The third-order valence-corrected chi connectivity index (χ3v) is 5.84. The van der Waals surface area contributed by atoms with Gasteiger partial charge in [-0.2, -0.15) is 0 Å². The second kappa shape index (κ2) is 7.84. The molecule has 2 aliphatic rings. The van der Waals surface area contributed by atoms with E-state index in [0.717, 1.165) is 19.4 Å². The summed E-state index contributed by atoms with van der Waals surface area (Å²) < 4.78 is 5.62. The van der Waals surface area contributed by atoms with Gasteiger partial charge in [0.1, 0.15) is 12.4 Å². The topological polar surface area (TPSA) is 75.9 Å². The minimum absolute atomic E-state index is 0.108. The predicted molar refractivity (Wildman–Crippen MR) is 100 cm³/mol. The zero-order valence-corrected chi connectivity index (χ0v) is 16.0. The highest BCUT2D eigenvalue weighted by Crippen LogP contribution is 2.40. The number of carbonyl (C=O) groups excluding carboxylic acids is 2. The number of hydrogen-bond acceptors (Lipinski definition) is 4. The van der Waals surface area contributed by atoms with Crippen LogP contribution in [-0.2, 0) is 4.79 Å². The summed E-state index contributed by atoms with van der Waals surface area (Å²) in [5.74, 6) is 1.43. The molecule has 2 amide bonds. The van der Waals surface area contributed by atoms with Crippen molar-refractivity contribution in [3.05, 3.63) is 28.8 Å². The summed E-state index contributed by atoms with van der Waals surface area (Å²) in [5, 5.41) is 0.495. The van der Waals surface area contributed by atoms with Crippen LogP contribution in [0.3, 0.4) is 0 Å². The molecular formula is C19H26ClN3O3. The molecule has 0 bridgehead atoms. The first-order valence-electron chi connectivity index (χ1n) is 9.04. The van der Waals surface area contributed by atoms with Crippen molar-refractivity contribution in [2.24, 2.45) is 17.6 Å². The number of nitrogens with two attached hydrogens (primary N) is 1. The molecule has 7 heteroatoms. The Morgan fingerprint density at radius 3 is 2.85 bits per heavy atom. The minimum atomic E-state index is -0.108. The first kappa shape index (κ1) is 19.0. The first-order valence-corrected chi connectivity index (χ1v) is 9.42. The molecule has 1 aliphatic carbocycles. The van der Waals surface area contributed by atoms with Crippen molar-refractivity contribution in [1.29, 1.82) is 0 Å². The Bertz CT molecular complexity index is 697. The average Bonchev–Trinajstić information content (AvgIpc) is 3.02. The Balaban J connectivity index is 1.74. The van der Waals surface area contributed by atoms with Crippen molar-refractivity contribution < 1.29 is 14.3 Å². The molecular weight excluding hydrogens is 354 g/mol. The van der Waals surface area contributed by atoms with Crippen molar-refractivity contribution in [2.75, 3.05) is 33.8 Å². The minimum Gasteiger partial charge on any atom is -0.491 e. The van der Waals surface area contributed by atoms with Gasteiger partial charge in [-0.25, -0.2) is 0 Å². The zero-order valence-electron chi connectivity index (χ0n) is 15.3. The number of nitrogens with zero attached hydrogens (tertiary/aromatic N) is 2. The molecule has 0 spiro atoms. The van der Waals surface area contributed by atoms with Crippen LogP contribution in [-0.4, -0.2) is 61.4 Å². The second-order valence-corrected chi connectivity index (χ2v) is 7.75. The van der Waals surface area contributed by atoms with Crippen molar-refractivity contribution >= 4 is 23.4 Å². The van der Waals surface area contributed by atoms with E-state index < -0.39 is 0 Å². The summed E-state index contributed by atoms with van der Waals surface area (Å²) in [5.41, 5.74) is 5.96. The number of ether oxygens (including phenoxy) is 1. The average molecular weight is 380 g/mol. The van der Waals surface area contributed by atoms with Gasteiger partial charge in [-0.3, -0.25) is 9.59 Å². The van der Waals surface area contributed by atoms with Crippen LogP contribution in [0.1, 0.15) is 29.6 Å². The number of carbonyl (C=O) groups is 2. The highest BCUT2D eigenvalue weighted by Gasteiger charge is 2.42. The van der Waals surface area contributed by atoms with E-state index in [-0.39, 0.29) is 17.9 Å². The third-order valence-electron chi connectivity index (χ3n) is 5.60. The molecule has 142 valence electrons. The van der Waals surface area contributed by atoms with Crippen LogP contribution in [0.25, 0.3) is 0 Å². The molecule has 6 nitrogen and oxygen atoms in total. The van der Waals surface area contributed by atoms with Gasteiger partial charge in [-0.1, -0.05) is 11.6 Å². The number of amides is 2. The SMILES string of the molecule is CN1C[C@H]2C[C@@H](N(C)C(=O)c3cc(Cl)ccc3OCCN)C[C@H]2CC1=O. The van der Waals surface area contributed by atoms with Gasteiger partial charge in [0.15, 0.2) is 0 Å². The van der Waals surface area contributed by atoms with Crippen molar-refractivity contribution in [3.8, 4) is 5.75 Å². The third kappa shape index (κ3) is 3.81. The van der Waals surface area contributed by atoms with Gasteiger partial charge >= 0.3 is 0 Å². The van der Waals surface area contributed by atoms with Gasteiger partial charge in [-0.05, 0) is 42.9 Å². The molecule has 1 aromatic rings. The molecule has 1 aromatic carbocycles. The van der Waals surface area contributed by atoms with E-state index in [1.807, 2.05) is 14.1 Å². The maximum absolute atomic E-state index is 13.1. The van der Waals surface area contributed by atoms with E-state index in [2.05, 4.69) is 0 Å².